The number of ether oxygens (including phenoxy) is 1. The molecule has 1 N–H and O–H groups in total. The van der Waals surface area contributed by atoms with Crippen molar-refractivity contribution in [2.75, 3.05) is 7.11 Å². The van der Waals surface area contributed by atoms with Gasteiger partial charge < -0.3 is 14.3 Å². The summed E-state index contributed by atoms with van der Waals surface area (Å²) < 4.78 is 11.0. The summed E-state index contributed by atoms with van der Waals surface area (Å²) in [5.74, 6) is 1.07. The van der Waals surface area contributed by atoms with Gasteiger partial charge in [0.05, 0.1) is 24.6 Å². The van der Waals surface area contributed by atoms with E-state index in [1.165, 1.54) is 0 Å². The van der Waals surface area contributed by atoms with Crippen molar-refractivity contribution >= 4 is 17.9 Å². The van der Waals surface area contributed by atoms with Gasteiger partial charge in [-0.2, -0.15) is 0 Å². The van der Waals surface area contributed by atoms with Crippen LogP contribution in [-0.2, 0) is 0 Å². The second-order valence-electron chi connectivity index (χ2n) is 5.50. The number of carboxylic acid groups (broad SMARTS) is 1. The van der Waals surface area contributed by atoms with Gasteiger partial charge in [-0.05, 0) is 48.9 Å². The minimum atomic E-state index is -0.944. The van der Waals surface area contributed by atoms with Gasteiger partial charge in [0.25, 0.3) is 0 Å². The van der Waals surface area contributed by atoms with E-state index in [1.54, 1.807) is 31.5 Å². The Morgan fingerprint density at radius 1 is 1.16 bits per heavy atom. The van der Waals surface area contributed by atoms with Gasteiger partial charge in [0, 0.05) is 11.6 Å². The smallest absolute Gasteiger partial charge is 0.335 e. The van der Waals surface area contributed by atoms with Crippen molar-refractivity contribution in [3.8, 4) is 17.1 Å². The fourth-order valence-corrected chi connectivity index (χ4v) is 2.47. The Morgan fingerprint density at radius 3 is 2.72 bits per heavy atom. The molecule has 5 heteroatoms. The molecule has 0 unspecified atom stereocenters. The average Bonchev–Trinajstić information content (AvgIpc) is 3.08. The van der Waals surface area contributed by atoms with Crippen LogP contribution in [0.4, 0.5) is 5.69 Å². The highest BCUT2D eigenvalue weighted by Gasteiger charge is 2.10. The summed E-state index contributed by atoms with van der Waals surface area (Å²) in [6, 6.07) is 16.0. The maximum atomic E-state index is 11.0. The van der Waals surface area contributed by atoms with Crippen LogP contribution >= 0.6 is 0 Å². The van der Waals surface area contributed by atoms with Gasteiger partial charge in [-0.25, -0.2) is 4.79 Å². The molecule has 0 aliphatic heterocycles. The van der Waals surface area contributed by atoms with E-state index >= 15 is 0 Å². The summed E-state index contributed by atoms with van der Waals surface area (Å²) in [5, 5.41) is 9.04. The molecule has 0 spiro atoms. The van der Waals surface area contributed by atoms with Crippen LogP contribution in [-0.4, -0.2) is 24.4 Å². The van der Waals surface area contributed by atoms with Gasteiger partial charge in [0.1, 0.15) is 17.3 Å². The number of hydrogen-bond acceptors (Lipinski definition) is 4. The van der Waals surface area contributed by atoms with Crippen molar-refractivity contribution in [1.29, 1.82) is 0 Å². The second kappa shape index (κ2) is 7.05. The number of hydrogen-bond donors (Lipinski definition) is 1. The van der Waals surface area contributed by atoms with Crippen LogP contribution in [0.25, 0.3) is 11.3 Å². The zero-order valence-corrected chi connectivity index (χ0v) is 13.9. The van der Waals surface area contributed by atoms with E-state index < -0.39 is 5.97 Å². The topological polar surface area (TPSA) is 72.0 Å². The Balaban J connectivity index is 1.82. The molecule has 0 aliphatic carbocycles. The summed E-state index contributed by atoms with van der Waals surface area (Å²) in [6.07, 6.45) is 1.64. The number of aryl methyl sites for hydroxylation is 1. The normalized spacial score (nSPS) is 11.0. The molecule has 3 aromatic rings. The van der Waals surface area contributed by atoms with Gasteiger partial charge in [-0.15, -0.1) is 0 Å². The lowest BCUT2D eigenvalue weighted by Crippen LogP contribution is -1.96. The predicted octanol–water partition coefficient (Wildman–Crippen LogP) is 4.71. The van der Waals surface area contributed by atoms with Crippen molar-refractivity contribution in [2.45, 2.75) is 6.92 Å². The van der Waals surface area contributed by atoms with Gasteiger partial charge in [0.2, 0.25) is 0 Å². The van der Waals surface area contributed by atoms with Crippen LogP contribution in [0.3, 0.4) is 0 Å². The number of carboxylic acids is 1. The largest absolute Gasteiger partial charge is 0.497 e. The zero-order valence-electron chi connectivity index (χ0n) is 13.9. The Bertz CT molecular complexity index is 940. The van der Waals surface area contributed by atoms with E-state index in [9.17, 15) is 4.79 Å². The van der Waals surface area contributed by atoms with E-state index in [2.05, 4.69) is 4.99 Å². The van der Waals surface area contributed by atoms with E-state index in [0.717, 1.165) is 22.6 Å². The highest BCUT2D eigenvalue weighted by Crippen LogP contribution is 2.26. The SMILES string of the molecule is COc1cccc(N=Cc2ccc(-c3ccc(C(=O)O)cc3C)o2)c1. The van der Waals surface area contributed by atoms with Gasteiger partial charge in [-0.1, -0.05) is 12.1 Å². The molecule has 0 atom stereocenters. The molecule has 126 valence electrons. The third kappa shape index (κ3) is 3.77. The first kappa shape index (κ1) is 16.5. The lowest BCUT2D eigenvalue weighted by molar-refractivity contribution is 0.0697. The molecule has 0 saturated carbocycles. The monoisotopic (exact) mass is 335 g/mol. The lowest BCUT2D eigenvalue weighted by atomic mass is 10.0. The van der Waals surface area contributed by atoms with Crippen LogP contribution in [0.15, 0.2) is 64.0 Å². The molecule has 0 radical (unpaired) electrons. The molecule has 1 heterocycles. The number of methoxy groups -OCH3 is 1. The van der Waals surface area contributed by atoms with Crippen molar-refractivity contribution in [2.24, 2.45) is 4.99 Å². The quantitative estimate of drug-likeness (QED) is 0.685. The Labute approximate surface area is 145 Å². The lowest BCUT2D eigenvalue weighted by Gasteiger charge is -2.03. The molecular weight excluding hydrogens is 318 g/mol. The maximum absolute atomic E-state index is 11.0. The fraction of sp³-hybridized carbons (Fsp3) is 0.100. The molecule has 0 aliphatic rings. The number of aliphatic imine (C=N–C) groups is 1. The van der Waals surface area contributed by atoms with Crippen LogP contribution < -0.4 is 4.74 Å². The first-order chi connectivity index (χ1) is 12.1. The molecule has 1 aromatic heterocycles. The van der Waals surface area contributed by atoms with Crippen LogP contribution in [0.5, 0.6) is 5.75 Å². The molecule has 2 aromatic carbocycles. The number of benzene rings is 2. The van der Waals surface area contributed by atoms with Crippen LogP contribution in [0.2, 0.25) is 0 Å². The molecule has 0 bridgehead atoms. The zero-order chi connectivity index (χ0) is 17.8. The highest BCUT2D eigenvalue weighted by atomic mass is 16.5. The first-order valence-electron chi connectivity index (χ1n) is 7.69. The summed E-state index contributed by atoms with van der Waals surface area (Å²) >= 11 is 0. The van der Waals surface area contributed by atoms with Crippen LogP contribution in [0.1, 0.15) is 21.7 Å². The molecule has 0 saturated heterocycles. The van der Waals surface area contributed by atoms with E-state index in [0.29, 0.717) is 11.5 Å². The summed E-state index contributed by atoms with van der Waals surface area (Å²) in [6.45, 7) is 1.86. The number of rotatable bonds is 5. The molecule has 0 fully saturated rings. The second-order valence-corrected chi connectivity index (χ2v) is 5.50. The Kier molecular flexibility index (Phi) is 4.66. The minimum Gasteiger partial charge on any atom is -0.497 e. The van der Waals surface area contributed by atoms with Crippen molar-refractivity contribution in [3.63, 3.8) is 0 Å². The van der Waals surface area contributed by atoms with Crippen LogP contribution in [0, 0.1) is 6.92 Å². The minimum absolute atomic E-state index is 0.257. The molecule has 3 rings (SSSR count). The fourth-order valence-electron chi connectivity index (χ4n) is 2.47. The standard InChI is InChI=1S/C20H17NO4/c1-13-10-14(20(22)23)6-8-18(13)19-9-7-17(25-19)12-21-15-4-3-5-16(11-15)24-2/h3-12H,1-2H3,(H,22,23). The third-order valence-electron chi connectivity index (χ3n) is 3.76. The van der Waals surface area contributed by atoms with Crippen molar-refractivity contribution in [3.05, 3.63) is 71.5 Å². The van der Waals surface area contributed by atoms with E-state index in [-0.39, 0.29) is 5.56 Å². The predicted molar refractivity (Wildman–Crippen MR) is 96.1 cm³/mol. The molecule has 25 heavy (non-hydrogen) atoms. The van der Waals surface area contributed by atoms with Gasteiger partial charge in [-0.3, -0.25) is 4.99 Å². The average molecular weight is 335 g/mol. The molecular formula is C20H17NO4. The van der Waals surface area contributed by atoms with Gasteiger partial charge >= 0.3 is 5.97 Å². The third-order valence-corrected chi connectivity index (χ3v) is 3.76. The van der Waals surface area contributed by atoms with E-state index in [4.69, 9.17) is 14.3 Å². The summed E-state index contributed by atoms with van der Waals surface area (Å²) in [7, 11) is 1.61. The first-order valence-corrected chi connectivity index (χ1v) is 7.69. The Hall–Kier alpha value is -3.34. The summed E-state index contributed by atoms with van der Waals surface area (Å²) in [5.41, 5.74) is 2.71. The van der Waals surface area contributed by atoms with Gasteiger partial charge in [0.15, 0.2) is 0 Å². The number of furan rings is 1. The summed E-state index contributed by atoms with van der Waals surface area (Å²) in [4.78, 5) is 15.4. The molecule has 5 nitrogen and oxygen atoms in total. The number of carbonyl (C=O) groups is 1. The Morgan fingerprint density at radius 2 is 2.00 bits per heavy atom. The maximum Gasteiger partial charge on any atom is 0.335 e. The highest BCUT2D eigenvalue weighted by molar-refractivity contribution is 5.89. The number of nitrogens with zero attached hydrogens (tertiary/aromatic N) is 1. The number of aromatic carboxylic acids is 1. The molecule has 0 amide bonds. The van der Waals surface area contributed by atoms with Crippen molar-refractivity contribution in [1.82, 2.24) is 0 Å². The van der Waals surface area contributed by atoms with E-state index in [1.807, 2.05) is 43.3 Å². The van der Waals surface area contributed by atoms with Crippen molar-refractivity contribution < 1.29 is 19.1 Å².